The summed E-state index contributed by atoms with van der Waals surface area (Å²) in [5, 5.41) is 1.18. The molecule has 1 heterocycles. The van der Waals surface area contributed by atoms with Crippen molar-refractivity contribution in [1.82, 2.24) is 9.97 Å². The second-order valence-corrected chi connectivity index (χ2v) is 5.11. The van der Waals surface area contributed by atoms with Crippen LogP contribution in [0.25, 0.3) is 11.3 Å². The van der Waals surface area contributed by atoms with E-state index in [1.165, 1.54) is 0 Å². The average Bonchev–Trinajstić information content (AvgIpc) is 2.60. The minimum atomic E-state index is 0.548. The SMILES string of the molecule is NCCc1[nH]c(Br)nc1-c1ccc(Cl)cc1Cl. The number of rotatable bonds is 3. The Hall–Kier alpha value is -0.550. The van der Waals surface area contributed by atoms with Crippen LogP contribution < -0.4 is 5.73 Å². The van der Waals surface area contributed by atoms with Gasteiger partial charge in [0.1, 0.15) is 0 Å². The van der Waals surface area contributed by atoms with Crippen molar-refractivity contribution in [3.8, 4) is 11.3 Å². The van der Waals surface area contributed by atoms with Gasteiger partial charge in [-0.25, -0.2) is 4.98 Å². The predicted molar refractivity (Wildman–Crippen MR) is 74.5 cm³/mol. The molecule has 3 nitrogen and oxygen atoms in total. The second-order valence-electron chi connectivity index (χ2n) is 3.52. The van der Waals surface area contributed by atoms with Gasteiger partial charge in [-0.05, 0) is 40.7 Å². The van der Waals surface area contributed by atoms with Crippen LogP contribution in [0.2, 0.25) is 10.0 Å². The van der Waals surface area contributed by atoms with Crippen LogP contribution in [0.4, 0.5) is 0 Å². The molecule has 0 atom stereocenters. The van der Waals surface area contributed by atoms with Crippen molar-refractivity contribution in [2.24, 2.45) is 5.73 Å². The molecule has 0 aliphatic heterocycles. The molecule has 6 heteroatoms. The molecule has 17 heavy (non-hydrogen) atoms. The van der Waals surface area contributed by atoms with Crippen molar-refractivity contribution < 1.29 is 0 Å². The molecule has 2 rings (SSSR count). The lowest BCUT2D eigenvalue weighted by Gasteiger charge is -2.04. The minimum Gasteiger partial charge on any atom is -0.336 e. The molecule has 0 radical (unpaired) electrons. The van der Waals surface area contributed by atoms with E-state index in [4.69, 9.17) is 28.9 Å². The molecular weight excluding hydrogens is 325 g/mol. The number of hydrogen-bond acceptors (Lipinski definition) is 2. The van der Waals surface area contributed by atoms with E-state index >= 15 is 0 Å². The van der Waals surface area contributed by atoms with Crippen LogP contribution in [-0.4, -0.2) is 16.5 Å². The van der Waals surface area contributed by atoms with Crippen LogP contribution >= 0.6 is 39.1 Å². The largest absolute Gasteiger partial charge is 0.336 e. The van der Waals surface area contributed by atoms with Crippen molar-refractivity contribution in [2.75, 3.05) is 6.54 Å². The molecule has 0 spiro atoms. The number of nitrogens with one attached hydrogen (secondary N) is 1. The van der Waals surface area contributed by atoms with E-state index in [0.717, 1.165) is 17.0 Å². The zero-order valence-electron chi connectivity index (χ0n) is 8.80. The molecule has 0 saturated heterocycles. The number of aromatic nitrogens is 2. The monoisotopic (exact) mass is 333 g/mol. The Bertz CT molecular complexity index is 540. The standard InChI is InChI=1S/C11H10BrCl2N3/c12-11-16-9(3-4-15)10(17-11)7-2-1-6(13)5-8(7)14/h1-2,5H,3-4,15H2,(H,16,17). The number of hydrogen-bond donors (Lipinski definition) is 2. The van der Waals surface area contributed by atoms with Crippen LogP contribution in [-0.2, 0) is 6.42 Å². The second kappa shape index (κ2) is 5.40. The van der Waals surface area contributed by atoms with E-state index in [0.29, 0.717) is 27.7 Å². The maximum atomic E-state index is 6.16. The van der Waals surface area contributed by atoms with Gasteiger partial charge in [-0.15, -0.1) is 0 Å². The van der Waals surface area contributed by atoms with E-state index < -0.39 is 0 Å². The van der Waals surface area contributed by atoms with E-state index in [9.17, 15) is 0 Å². The zero-order valence-corrected chi connectivity index (χ0v) is 11.9. The van der Waals surface area contributed by atoms with Gasteiger partial charge in [0.25, 0.3) is 0 Å². The number of nitrogens with two attached hydrogens (primary N) is 1. The molecule has 0 fully saturated rings. The van der Waals surface area contributed by atoms with Gasteiger partial charge in [0.2, 0.25) is 0 Å². The summed E-state index contributed by atoms with van der Waals surface area (Å²) in [6.07, 6.45) is 0.715. The van der Waals surface area contributed by atoms with Crippen LogP contribution in [0.15, 0.2) is 22.9 Å². The molecular formula is C11H10BrCl2N3. The molecule has 0 saturated carbocycles. The van der Waals surface area contributed by atoms with Crippen molar-refractivity contribution >= 4 is 39.1 Å². The third-order valence-electron chi connectivity index (χ3n) is 2.33. The lowest BCUT2D eigenvalue weighted by molar-refractivity contribution is 0.934. The summed E-state index contributed by atoms with van der Waals surface area (Å²) in [7, 11) is 0. The van der Waals surface area contributed by atoms with Gasteiger partial charge in [0.05, 0.1) is 10.7 Å². The summed E-state index contributed by atoms with van der Waals surface area (Å²) in [4.78, 5) is 7.49. The van der Waals surface area contributed by atoms with Crippen LogP contribution in [0.3, 0.4) is 0 Å². The van der Waals surface area contributed by atoms with Gasteiger partial charge < -0.3 is 10.7 Å². The Kier molecular flexibility index (Phi) is 4.09. The smallest absolute Gasteiger partial charge is 0.175 e. The lowest BCUT2D eigenvalue weighted by atomic mass is 10.1. The van der Waals surface area contributed by atoms with E-state index in [1.54, 1.807) is 12.1 Å². The van der Waals surface area contributed by atoms with Crippen molar-refractivity contribution in [2.45, 2.75) is 6.42 Å². The summed E-state index contributed by atoms with van der Waals surface area (Å²) < 4.78 is 0.668. The Morgan fingerprint density at radius 3 is 2.76 bits per heavy atom. The first-order valence-corrected chi connectivity index (χ1v) is 6.56. The summed E-state index contributed by atoms with van der Waals surface area (Å²) >= 11 is 15.3. The molecule has 1 aromatic heterocycles. The number of benzene rings is 1. The van der Waals surface area contributed by atoms with Crippen molar-refractivity contribution in [3.05, 3.63) is 38.7 Å². The van der Waals surface area contributed by atoms with Gasteiger partial charge >= 0.3 is 0 Å². The summed E-state index contributed by atoms with van der Waals surface area (Å²) in [5.41, 5.74) is 8.18. The van der Waals surface area contributed by atoms with Gasteiger partial charge in [-0.2, -0.15) is 0 Å². The lowest BCUT2D eigenvalue weighted by Crippen LogP contribution is -2.04. The normalized spacial score (nSPS) is 10.8. The van der Waals surface area contributed by atoms with Crippen LogP contribution in [0.5, 0.6) is 0 Å². The van der Waals surface area contributed by atoms with Crippen LogP contribution in [0.1, 0.15) is 5.69 Å². The Balaban J connectivity index is 2.51. The number of halogens is 3. The average molecular weight is 335 g/mol. The third kappa shape index (κ3) is 2.83. The molecule has 0 bridgehead atoms. The Morgan fingerprint density at radius 1 is 1.35 bits per heavy atom. The van der Waals surface area contributed by atoms with Gasteiger partial charge in [0, 0.05) is 22.7 Å². The summed E-state index contributed by atoms with van der Waals surface area (Å²) in [6, 6.07) is 5.35. The quantitative estimate of drug-likeness (QED) is 0.900. The minimum absolute atomic E-state index is 0.548. The highest BCUT2D eigenvalue weighted by molar-refractivity contribution is 9.10. The van der Waals surface area contributed by atoms with Gasteiger partial charge in [-0.3, -0.25) is 0 Å². The first-order valence-electron chi connectivity index (χ1n) is 5.01. The predicted octanol–water partition coefficient (Wildman–Crippen LogP) is 3.65. The van der Waals surface area contributed by atoms with Gasteiger partial charge in [0.15, 0.2) is 4.73 Å². The third-order valence-corrected chi connectivity index (χ3v) is 3.25. The molecule has 0 aliphatic carbocycles. The molecule has 1 aromatic carbocycles. The Labute approximate surface area is 117 Å². The van der Waals surface area contributed by atoms with Crippen molar-refractivity contribution in [1.29, 1.82) is 0 Å². The molecule has 0 aliphatic rings. The van der Waals surface area contributed by atoms with E-state index in [-0.39, 0.29) is 0 Å². The van der Waals surface area contributed by atoms with Crippen molar-refractivity contribution in [3.63, 3.8) is 0 Å². The number of H-pyrrole nitrogens is 1. The topological polar surface area (TPSA) is 54.7 Å². The van der Waals surface area contributed by atoms with E-state index in [1.807, 2.05) is 6.07 Å². The Morgan fingerprint density at radius 2 is 2.12 bits per heavy atom. The zero-order chi connectivity index (χ0) is 12.4. The fourth-order valence-electron chi connectivity index (χ4n) is 1.61. The highest BCUT2D eigenvalue weighted by Gasteiger charge is 2.13. The van der Waals surface area contributed by atoms with Gasteiger partial charge in [-0.1, -0.05) is 23.2 Å². The maximum Gasteiger partial charge on any atom is 0.175 e. The van der Waals surface area contributed by atoms with Crippen LogP contribution in [0, 0.1) is 0 Å². The molecule has 3 N–H and O–H groups in total. The molecule has 2 aromatic rings. The fourth-order valence-corrected chi connectivity index (χ4v) is 2.52. The molecule has 90 valence electrons. The first kappa shape index (κ1) is 12.9. The molecule has 0 amide bonds. The highest BCUT2D eigenvalue weighted by Crippen LogP contribution is 2.32. The highest BCUT2D eigenvalue weighted by atomic mass is 79.9. The number of imidazole rings is 1. The number of aromatic amines is 1. The number of nitrogens with zero attached hydrogens (tertiary/aromatic N) is 1. The fraction of sp³-hybridized carbons (Fsp3) is 0.182. The maximum absolute atomic E-state index is 6.16. The summed E-state index contributed by atoms with van der Waals surface area (Å²) in [6.45, 7) is 0.548. The van der Waals surface area contributed by atoms with E-state index in [2.05, 4.69) is 25.9 Å². The first-order chi connectivity index (χ1) is 8.11. The molecule has 0 unspecified atom stereocenters. The summed E-state index contributed by atoms with van der Waals surface area (Å²) in [5.74, 6) is 0.